The summed E-state index contributed by atoms with van der Waals surface area (Å²) in [6.07, 6.45) is 3.06. The summed E-state index contributed by atoms with van der Waals surface area (Å²) >= 11 is 5.90. The van der Waals surface area contributed by atoms with Gasteiger partial charge in [-0.15, -0.1) is 0 Å². The van der Waals surface area contributed by atoms with Crippen molar-refractivity contribution in [3.8, 4) is 17.1 Å². The summed E-state index contributed by atoms with van der Waals surface area (Å²) < 4.78 is 5.48. The van der Waals surface area contributed by atoms with Crippen molar-refractivity contribution >= 4 is 23.2 Å². The lowest BCUT2D eigenvalue weighted by atomic mass is 10.2. The number of ether oxygens (including phenoxy) is 1. The largest absolute Gasteiger partial charge is 0.494 e. The normalized spacial score (nSPS) is 10.3. The van der Waals surface area contributed by atoms with Crippen molar-refractivity contribution in [3.05, 3.63) is 54.1 Å². The van der Waals surface area contributed by atoms with Crippen LogP contribution in [0.2, 0.25) is 5.15 Å². The topological polar surface area (TPSA) is 72.8 Å². The average Bonchev–Trinajstić information content (AvgIpc) is 2.56. The Kier molecular flexibility index (Phi) is 4.63. The summed E-state index contributed by atoms with van der Waals surface area (Å²) in [4.78, 5) is 16.6. The molecule has 0 spiro atoms. The van der Waals surface area contributed by atoms with E-state index < -0.39 is 0 Å². The minimum absolute atomic E-state index is 0.391. The van der Waals surface area contributed by atoms with Crippen molar-refractivity contribution in [3.63, 3.8) is 0 Å². The number of benzene rings is 1. The molecule has 0 saturated heterocycles. The van der Waals surface area contributed by atoms with Gasteiger partial charge in [-0.25, -0.2) is 15.0 Å². The standard InChI is InChI=1S/C16H14ClN5O/c1-2-23-13-5-3-4-12(9-13)21-16-20-10-19-15(22-16)11-6-7-18-14(17)8-11/h3-10H,2H2,1H3,(H,19,20,21,22). The lowest BCUT2D eigenvalue weighted by molar-refractivity contribution is 0.340. The Bertz CT molecular complexity index is 812. The zero-order chi connectivity index (χ0) is 16.1. The number of anilines is 2. The highest BCUT2D eigenvalue weighted by Crippen LogP contribution is 2.21. The van der Waals surface area contributed by atoms with Gasteiger partial charge in [-0.05, 0) is 31.2 Å². The van der Waals surface area contributed by atoms with Crippen molar-refractivity contribution in [2.24, 2.45) is 0 Å². The van der Waals surface area contributed by atoms with E-state index in [1.807, 2.05) is 31.2 Å². The van der Waals surface area contributed by atoms with Crippen molar-refractivity contribution < 1.29 is 4.74 Å². The van der Waals surface area contributed by atoms with E-state index in [0.29, 0.717) is 23.5 Å². The van der Waals surface area contributed by atoms with Gasteiger partial charge in [0, 0.05) is 23.5 Å². The van der Waals surface area contributed by atoms with Crippen LogP contribution in [0.3, 0.4) is 0 Å². The highest BCUT2D eigenvalue weighted by molar-refractivity contribution is 6.29. The van der Waals surface area contributed by atoms with Gasteiger partial charge < -0.3 is 10.1 Å². The van der Waals surface area contributed by atoms with Crippen LogP contribution in [0.5, 0.6) is 5.75 Å². The Labute approximate surface area is 138 Å². The first-order valence-corrected chi connectivity index (χ1v) is 7.43. The molecule has 0 amide bonds. The highest BCUT2D eigenvalue weighted by atomic mass is 35.5. The number of halogens is 1. The third-order valence-electron chi connectivity index (χ3n) is 2.96. The number of nitrogens with one attached hydrogen (secondary N) is 1. The summed E-state index contributed by atoms with van der Waals surface area (Å²) in [7, 11) is 0. The molecule has 0 aliphatic rings. The van der Waals surface area contributed by atoms with Crippen molar-refractivity contribution in [1.29, 1.82) is 0 Å². The van der Waals surface area contributed by atoms with E-state index >= 15 is 0 Å². The predicted molar refractivity (Wildman–Crippen MR) is 89.0 cm³/mol. The van der Waals surface area contributed by atoms with Gasteiger partial charge in [-0.2, -0.15) is 4.98 Å². The number of aromatic nitrogens is 4. The first kappa shape index (κ1) is 15.2. The molecule has 0 radical (unpaired) electrons. The van der Waals surface area contributed by atoms with Crippen LogP contribution in [0.1, 0.15) is 6.92 Å². The second-order valence-corrected chi connectivity index (χ2v) is 4.97. The van der Waals surface area contributed by atoms with E-state index in [9.17, 15) is 0 Å². The Balaban J connectivity index is 1.84. The molecule has 116 valence electrons. The summed E-state index contributed by atoms with van der Waals surface area (Å²) in [6.45, 7) is 2.56. The van der Waals surface area contributed by atoms with Crippen LogP contribution < -0.4 is 10.1 Å². The van der Waals surface area contributed by atoms with Gasteiger partial charge >= 0.3 is 0 Å². The van der Waals surface area contributed by atoms with E-state index in [0.717, 1.165) is 17.0 Å². The zero-order valence-electron chi connectivity index (χ0n) is 12.4. The Morgan fingerprint density at radius 1 is 1.13 bits per heavy atom. The molecular weight excluding hydrogens is 314 g/mol. The molecule has 1 aromatic carbocycles. The minimum atomic E-state index is 0.391. The minimum Gasteiger partial charge on any atom is -0.494 e. The van der Waals surface area contributed by atoms with Gasteiger partial charge in [0.1, 0.15) is 17.2 Å². The molecule has 3 aromatic rings. The molecule has 6 nitrogen and oxygen atoms in total. The van der Waals surface area contributed by atoms with E-state index in [1.165, 1.54) is 6.33 Å². The van der Waals surface area contributed by atoms with Gasteiger partial charge in [0.15, 0.2) is 5.82 Å². The second kappa shape index (κ2) is 7.02. The maximum absolute atomic E-state index is 5.90. The molecule has 3 rings (SSSR count). The lowest BCUT2D eigenvalue weighted by Crippen LogP contribution is -2.00. The molecule has 1 N–H and O–H groups in total. The molecule has 0 aliphatic carbocycles. The van der Waals surface area contributed by atoms with Gasteiger partial charge in [-0.1, -0.05) is 17.7 Å². The Morgan fingerprint density at radius 3 is 2.87 bits per heavy atom. The quantitative estimate of drug-likeness (QED) is 0.720. The first-order valence-electron chi connectivity index (χ1n) is 7.05. The first-order chi connectivity index (χ1) is 11.2. The fourth-order valence-electron chi connectivity index (χ4n) is 2.00. The van der Waals surface area contributed by atoms with E-state index in [4.69, 9.17) is 16.3 Å². The lowest BCUT2D eigenvalue weighted by Gasteiger charge is -2.08. The molecule has 0 saturated carbocycles. The number of nitrogens with zero attached hydrogens (tertiary/aromatic N) is 4. The van der Waals surface area contributed by atoms with Crippen molar-refractivity contribution in [2.45, 2.75) is 6.92 Å². The number of hydrogen-bond donors (Lipinski definition) is 1. The highest BCUT2D eigenvalue weighted by Gasteiger charge is 2.06. The summed E-state index contributed by atoms with van der Waals surface area (Å²) in [5.41, 5.74) is 1.61. The fourth-order valence-corrected chi connectivity index (χ4v) is 2.17. The van der Waals surface area contributed by atoms with Crippen LogP contribution >= 0.6 is 11.6 Å². The molecule has 0 aliphatic heterocycles. The molecule has 0 atom stereocenters. The summed E-state index contributed by atoms with van der Waals surface area (Å²) in [5, 5.41) is 3.53. The van der Waals surface area contributed by atoms with Crippen LogP contribution in [-0.4, -0.2) is 26.5 Å². The molecular formula is C16H14ClN5O. The predicted octanol–water partition coefficient (Wildman–Crippen LogP) is 3.73. The van der Waals surface area contributed by atoms with E-state index in [2.05, 4.69) is 25.3 Å². The van der Waals surface area contributed by atoms with Crippen molar-refractivity contribution in [2.75, 3.05) is 11.9 Å². The van der Waals surface area contributed by atoms with E-state index in [-0.39, 0.29) is 0 Å². The summed E-state index contributed by atoms with van der Waals surface area (Å²) in [5.74, 6) is 1.75. The monoisotopic (exact) mass is 327 g/mol. The Hall–Kier alpha value is -2.73. The molecule has 0 bridgehead atoms. The van der Waals surface area contributed by atoms with Crippen LogP contribution in [0.15, 0.2) is 48.9 Å². The third-order valence-corrected chi connectivity index (χ3v) is 3.16. The van der Waals surface area contributed by atoms with Crippen LogP contribution in [0, 0.1) is 0 Å². The van der Waals surface area contributed by atoms with Gasteiger partial charge in [-0.3, -0.25) is 0 Å². The fraction of sp³-hybridized carbons (Fsp3) is 0.125. The second-order valence-electron chi connectivity index (χ2n) is 4.59. The van der Waals surface area contributed by atoms with Gasteiger partial charge in [0.25, 0.3) is 0 Å². The van der Waals surface area contributed by atoms with Crippen molar-refractivity contribution in [1.82, 2.24) is 19.9 Å². The number of hydrogen-bond acceptors (Lipinski definition) is 6. The maximum Gasteiger partial charge on any atom is 0.230 e. The molecule has 23 heavy (non-hydrogen) atoms. The number of rotatable bonds is 5. The summed E-state index contributed by atoms with van der Waals surface area (Å²) in [6, 6.07) is 11.1. The SMILES string of the molecule is CCOc1cccc(Nc2ncnc(-c3ccnc(Cl)c3)n2)c1. The van der Waals surface area contributed by atoms with Crippen LogP contribution in [0.4, 0.5) is 11.6 Å². The van der Waals surface area contributed by atoms with Crippen LogP contribution in [-0.2, 0) is 0 Å². The molecule has 2 heterocycles. The molecule has 7 heteroatoms. The smallest absolute Gasteiger partial charge is 0.230 e. The Morgan fingerprint density at radius 2 is 2.04 bits per heavy atom. The average molecular weight is 328 g/mol. The molecule has 0 fully saturated rings. The van der Waals surface area contributed by atoms with Crippen LogP contribution in [0.25, 0.3) is 11.4 Å². The van der Waals surface area contributed by atoms with Gasteiger partial charge in [0.2, 0.25) is 5.95 Å². The zero-order valence-corrected chi connectivity index (χ0v) is 13.2. The molecule has 0 unspecified atom stereocenters. The number of pyridine rings is 1. The van der Waals surface area contributed by atoms with Gasteiger partial charge in [0.05, 0.1) is 6.61 Å². The molecule has 2 aromatic heterocycles. The third kappa shape index (κ3) is 3.92. The van der Waals surface area contributed by atoms with E-state index in [1.54, 1.807) is 18.3 Å². The maximum atomic E-state index is 5.90.